The van der Waals surface area contributed by atoms with Crippen molar-refractivity contribution in [2.45, 2.75) is 25.5 Å². The summed E-state index contributed by atoms with van der Waals surface area (Å²) in [6, 6.07) is 5.64. The van der Waals surface area contributed by atoms with E-state index in [9.17, 15) is 26.3 Å². The van der Waals surface area contributed by atoms with Crippen molar-refractivity contribution in [2.75, 3.05) is 26.8 Å². The number of hydrogen-bond acceptors (Lipinski definition) is 3. The van der Waals surface area contributed by atoms with E-state index in [2.05, 4.69) is 25.1 Å². The maximum absolute atomic E-state index is 12.4. The molecule has 5 nitrogen and oxygen atoms in total. The number of guanidine groups is 1. The minimum Gasteiger partial charge on any atom is -0.405 e. The number of hydrogen-bond donors (Lipinski definition) is 2. The molecule has 1 aromatic rings. The molecule has 0 atom stereocenters. The normalized spacial score (nSPS) is 12.8. The maximum Gasteiger partial charge on any atom is 0.573 e. The maximum atomic E-state index is 12.4. The number of nitrogens with zero attached hydrogens (tertiary/aromatic N) is 1. The predicted molar refractivity (Wildman–Crippen MR) is 82.8 cm³/mol. The summed E-state index contributed by atoms with van der Waals surface area (Å²) in [5.41, 5.74) is 0.265. The molecule has 0 aliphatic heterocycles. The SMILES string of the molecule is CN=C(NCCCOCC(F)(F)F)NCc1ccccc1OC(F)(F)F. The number of ether oxygens (including phenoxy) is 2. The van der Waals surface area contributed by atoms with E-state index in [0.29, 0.717) is 6.42 Å². The average molecular weight is 387 g/mol. The van der Waals surface area contributed by atoms with E-state index in [1.54, 1.807) is 6.07 Å². The topological polar surface area (TPSA) is 54.9 Å². The highest BCUT2D eigenvalue weighted by atomic mass is 19.4. The summed E-state index contributed by atoms with van der Waals surface area (Å²) in [5.74, 6) is -0.0499. The summed E-state index contributed by atoms with van der Waals surface area (Å²) < 4.78 is 81.2. The summed E-state index contributed by atoms with van der Waals surface area (Å²) in [6.45, 7) is -1.11. The highest BCUT2D eigenvalue weighted by Crippen LogP contribution is 2.26. The van der Waals surface area contributed by atoms with E-state index in [-0.39, 0.29) is 37.0 Å². The Hall–Kier alpha value is -2.17. The van der Waals surface area contributed by atoms with Crippen molar-refractivity contribution in [3.63, 3.8) is 0 Å². The Morgan fingerprint density at radius 2 is 1.77 bits per heavy atom. The number of halogens is 6. The summed E-state index contributed by atoms with van der Waals surface area (Å²) in [5, 5.41) is 5.62. The van der Waals surface area contributed by atoms with Gasteiger partial charge in [0.15, 0.2) is 5.96 Å². The lowest BCUT2D eigenvalue weighted by atomic mass is 10.2. The Balaban J connectivity index is 2.39. The molecule has 0 aromatic heterocycles. The third-order valence-electron chi connectivity index (χ3n) is 2.89. The molecule has 1 aromatic carbocycles. The molecule has 0 unspecified atom stereocenters. The van der Waals surface area contributed by atoms with Gasteiger partial charge in [-0.1, -0.05) is 18.2 Å². The van der Waals surface area contributed by atoms with E-state index in [4.69, 9.17) is 0 Å². The molecule has 0 heterocycles. The van der Waals surface area contributed by atoms with Crippen LogP contribution in [0.25, 0.3) is 0 Å². The van der Waals surface area contributed by atoms with Crippen LogP contribution in [0, 0.1) is 0 Å². The molecule has 26 heavy (non-hydrogen) atoms. The van der Waals surface area contributed by atoms with Crippen molar-refractivity contribution < 1.29 is 35.8 Å². The number of rotatable bonds is 8. The van der Waals surface area contributed by atoms with Crippen molar-refractivity contribution in [3.8, 4) is 5.75 Å². The van der Waals surface area contributed by atoms with Gasteiger partial charge < -0.3 is 20.1 Å². The zero-order chi connectivity index (χ0) is 19.6. The highest BCUT2D eigenvalue weighted by Gasteiger charge is 2.32. The molecule has 0 saturated heterocycles. The lowest BCUT2D eigenvalue weighted by Gasteiger charge is -2.15. The molecule has 0 bridgehead atoms. The van der Waals surface area contributed by atoms with Gasteiger partial charge in [-0.2, -0.15) is 13.2 Å². The van der Waals surface area contributed by atoms with Crippen molar-refractivity contribution in [1.29, 1.82) is 0 Å². The Labute approximate surface area is 146 Å². The third-order valence-corrected chi connectivity index (χ3v) is 2.89. The van der Waals surface area contributed by atoms with Crippen molar-refractivity contribution in [2.24, 2.45) is 4.99 Å². The second kappa shape index (κ2) is 10.1. The quantitative estimate of drug-likeness (QED) is 0.311. The highest BCUT2D eigenvalue weighted by molar-refractivity contribution is 5.79. The monoisotopic (exact) mass is 387 g/mol. The fraction of sp³-hybridized carbons (Fsp3) is 0.533. The molecule has 0 saturated carbocycles. The van der Waals surface area contributed by atoms with Crippen LogP contribution < -0.4 is 15.4 Å². The first-order valence-corrected chi connectivity index (χ1v) is 7.53. The molecule has 0 spiro atoms. The van der Waals surface area contributed by atoms with Crippen LogP contribution in [0.15, 0.2) is 29.3 Å². The van der Waals surface area contributed by atoms with Gasteiger partial charge in [0, 0.05) is 32.3 Å². The number of para-hydroxylation sites is 1. The van der Waals surface area contributed by atoms with E-state index >= 15 is 0 Å². The molecule has 11 heteroatoms. The van der Waals surface area contributed by atoms with Crippen LogP contribution in [-0.4, -0.2) is 45.3 Å². The van der Waals surface area contributed by atoms with Crippen LogP contribution in [0.5, 0.6) is 5.75 Å². The average Bonchev–Trinajstić information content (AvgIpc) is 2.52. The van der Waals surface area contributed by atoms with E-state index in [1.165, 1.54) is 25.2 Å². The largest absolute Gasteiger partial charge is 0.573 e. The van der Waals surface area contributed by atoms with Gasteiger partial charge in [0.2, 0.25) is 0 Å². The van der Waals surface area contributed by atoms with Crippen LogP contribution >= 0.6 is 0 Å². The molecule has 0 aliphatic rings. The Bertz CT molecular complexity index is 575. The Morgan fingerprint density at radius 3 is 2.38 bits per heavy atom. The van der Waals surface area contributed by atoms with Crippen LogP contribution in [0.3, 0.4) is 0 Å². The first-order chi connectivity index (χ1) is 12.1. The summed E-state index contributed by atoms with van der Waals surface area (Å²) in [6.07, 6.45) is -8.87. The van der Waals surface area contributed by atoms with E-state index in [1.807, 2.05) is 0 Å². The molecule has 0 radical (unpaired) electrons. The second-order valence-corrected chi connectivity index (χ2v) is 5.03. The minimum atomic E-state index is -4.80. The van der Waals surface area contributed by atoms with Gasteiger partial charge in [0.25, 0.3) is 0 Å². The first kappa shape index (κ1) is 21.9. The fourth-order valence-corrected chi connectivity index (χ4v) is 1.84. The lowest BCUT2D eigenvalue weighted by molar-refractivity contribution is -0.274. The smallest absolute Gasteiger partial charge is 0.405 e. The molecule has 2 N–H and O–H groups in total. The van der Waals surface area contributed by atoms with Crippen LogP contribution in [0.1, 0.15) is 12.0 Å². The van der Waals surface area contributed by atoms with Gasteiger partial charge in [0.1, 0.15) is 12.4 Å². The number of alkyl halides is 6. The van der Waals surface area contributed by atoms with E-state index < -0.39 is 19.1 Å². The van der Waals surface area contributed by atoms with Crippen LogP contribution in [0.2, 0.25) is 0 Å². The molecule has 0 aliphatic carbocycles. The molecule has 1 rings (SSSR count). The van der Waals surface area contributed by atoms with Gasteiger partial charge in [-0.05, 0) is 12.5 Å². The van der Waals surface area contributed by atoms with E-state index in [0.717, 1.165) is 0 Å². The zero-order valence-corrected chi connectivity index (χ0v) is 13.9. The number of nitrogens with one attached hydrogen (secondary N) is 2. The van der Waals surface area contributed by atoms with Gasteiger partial charge >= 0.3 is 12.5 Å². The van der Waals surface area contributed by atoms with Gasteiger partial charge in [-0.3, -0.25) is 4.99 Å². The first-order valence-electron chi connectivity index (χ1n) is 7.53. The van der Waals surface area contributed by atoms with Crippen molar-refractivity contribution in [3.05, 3.63) is 29.8 Å². The molecule has 0 amide bonds. The van der Waals surface area contributed by atoms with Gasteiger partial charge in [0.05, 0.1) is 0 Å². The van der Waals surface area contributed by atoms with Crippen LogP contribution in [0.4, 0.5) is 26.3 Å². The van der Waals surface area contributed by atoms with Crippen LogP contribution in [-0.2, 0) is 11.3 Å². The third kappa shape index (κ3) is 9.97. The number of aliphatic imine (C=N–C) groups is 1. The summed E-state index contributed by atoms with van der Waals surface area (Å²) >= 11 is 0. The zero-order valence-electron chi connectivity index (χ0n) is 13.9. The molecule has 0 fully saturated rings. The molecule has 148 valence electrons. The lowest BCUT2D eigenvalue weighted by Crippen LogP contribution is -2.37. The van der Waals surface area contributed by atoms with Crippen molar-refractivity contribution in [1.82, 2.24) is 10.6 Å². The minimum absolute atomic E-state index is 0.0104. The Morgan fingerprint density at radius 1 is 1.08 bits per heavy atom. The predicted octanol–water partition coefficient (Wildman–Crippen LogP) is 3.22. The standard InChI is InChI=1S/C15H19F6N3O2/c1-22-13(23-7-4-8-25-10-14(16,17)18)24-9-11-5-2-3-6-12(11)26-15(19,20)21/h2-3,5-6H,4,7-10H2,1H3,(H2,22,23,24). The second-order valence-electron chi connectivity index (χ2n) is 5.03. The number of benzene rings is 1. The summed E-state index contributed by atoms with van der Waals surface area (Å²) in [7, 11) is 1.45. The van der Waals surface area contributed by atoms with Gasteiger partial charge in [-0.15, -0.1) is 13.2 Å². The van der Waals surface area contributed by atoms with Crippen molar-refractivity contribution >= 4 is 5.96 Å². The summed E-state index contributed by atoms with van der Waals surface area (Å²) in [4.78, 5) is 3.87. The fourth-order valence-electron chi connectivity index (χ4n) is 1.84. The van der Waals surface area contributed by atoms with Gasteiger partial charge in [-0.25, -0.2) is 0 Å². The molecular weight excluding hydrogens is 368 g/mol. The molecular formula is C15H19F6N3O2. The Kier molecular flexibility index (Phi) is 8.49.